The van der Waals surface area contributed by atoms with Crippen LogP contribution in [0.25, 0.3) is 0 Å². The molecule has 2 N–H and O–H groups in total. The molecular formula is C15H17BrN2S. The molecule has 2 heterocycles. The molecule has 2 aromatic rings. The highest BCUT2D eigenvalue weighted by Gasteiger charge is 2.26. The van der Waals surface area contributed by atoms with E-state index in [-0.39, 0.29) is 6.04 Å². The van der Waals surface area contributed by atoms with Gasteiger partial charge in [-0.25, -0.2) is 0 Å². The highest BCUT2D eigenvalue weighted by molar-refractivity contribution is 9.10. The number of halogens is 1. The van der Waals surface area contributed by atoms with E-state index in [4.69, 9.17) is 5.73 Å². The zero-order valence-corrected chi connectivity index (χ0v) is 13.1. The number of nitrogens with zero attached hydrogens (tertiary/aromatic N) is 1. The van der Waals surface area contributed by atoms with Crippen LogP contribution in [0, 0.1) is 0 Å². The standard InChI is InChI=1S/C15H17BrN2S/c16-10-4-5-11(18-9-10)8-14(17)12-2-1-3-15-13(12)6-7-19-15/h4-7,9,12,14H,1-3,8,17H2. The molecule has 1 aliphatic carbocycles. The summed E-state index contributed by atoms with van der Waals surface area (Å²) in [4.78, 5) is 5.97. The Hall–Kier alpha value is -0.710. The maximum absolute atomic E-state index is 6.45. The summed E-state index contributed by atoms with van der Waals surface area (Å²) in [6, 6.07) is 6.52. The van der Waals surface area contributed by atoms with Crippen molar-refractivity contribution in [3.63, 3.8) is 0 Å². The zero-order valence-electron chi connectivity index (χ0n) is 10.7. The fourth-order valence-electron chi connectivity index (χ4n) is 2.88. The molecule has 2 aromatic heterocycles. The van der Waals surface area contributed by atoms with Gasteiger partial charge in [-0.05, 0) is 64.3 Å². The summed E-state index contributed by atoms with van der Waals surface area (Å²) in [6.07, 6.45) is 6.40. The normalized spacial score (nSPS) is 20.0. The number of nitrogens with two attached hydrogens (primary N) is 1. The minimum absolute atomic E-state index is 0.169. The van der Waals surface area contributed by atoms with Gasteiger partial charge >= 0.3 is 0 Å². The van der Waals surface area contributed by atoms with Crippen LogP contribution in [0.4, 0.5) is 0 Å². The molecule has 19 heavy (non-hydrogen) atoms. The average molecular weight is 337 g/mol. The molecule has 1 aliphatic rings. The Morgan fingerprint density at radius 2 is 2.32 bits per heavy atom. The Morgan fingerprint density at radius 1 is 1.42 bits per heavy atom. The molecule has 0 spiro atoms. The molecular weight excluding hydrogens is 320 g/mol. The monoisotopic (exact) mass is 336 g/mol. The maximum Gasteiger partial charge on any atom is 0.0420 e. The molecule has 0 amide bonds. The Labute approximate surface area is 126 Å². The van der Waals surface area contributed by atoms with Crippen molar-refractivity contribution in [2.45, 2.75) is 37.6 Å². The van der Waals surface area contributed by atoms with Crippen LogP contribution >= 0.6 is 27.3 Å². The van der Waals surface area contributed by atoms with E-state index in [1.807, 2.05) is 23.6 Å². The summed E-state index contributed by atoms with van der Waals surface area (Å²) in [6.45, 7) is 0. The van der Waals surface area contributed by atoms with E-state index >= 15 is 0 Å². The Bertz CT molecular complexity index is 550. The van der Waals surface area contributed by atoms with Gasteiger partial charge in [0.2, 0.25) is 0 Å². The predicted molar refractivity (Wildman–Crippen MR) is 83.6 cm³/mol. The van der Waals surface area contributed by atoms with Gasteiger partial charge in [0.15, 0.2) is 0 Å². The van der Waals surface area contributed by atoms with E-state index in [0.717, 1.165) is 16.6 Å². The lowest BCUT2D eigenvalue weighted by molar-refractivity contribution is 0.461. The van der Waals surface area contributed by atoms with E-state index in [1.54, 1.807) is 0 Å². The van der Waals surface area contributed by atoms with Crippen molar-refractivity contribution in [3.8, 4) is 0 Å². The smallest absolute Gasteiger partial charge is 0.0420 e. The molecule has 0 radical (unpaired) electrons. The van der Waals surface area contributed by atoms with Crippen LogP contribution < -0.4 is 5.73 Å². The van der Waals surface area contributed by atoms with Crippen molar-refractivity contribution in [2.75, 3.05) is 0 Å². The second-order valence-corrected chi connectivity index (χ2v) is 7.05. The topological polar surface area (TPSA) is 38.9 Å². The molecule has 0 saturated heterocycles. The van der Waals surface area contributed by atoms with Crippen LogP contribution in [0.2, 0.25) is 0 Å². The number of hydrogen-bond acceptors (Lipinski definition) is 3. The van der Waals surface area contributed by atoms with Gasteiger partial charge in [0, 0.05) is 39.6 Å². The number of aryl methyl sites for hydroxylation is 1. The van der Waals surface area contributed by atoms with Crippen molar-refractivity contribution in [3.05, 3.63) is 50.4 Å². The SMILES string of the molecule is NC(Cc1ccc(Br)cn1)C1CCCc2sccc21. The first-order valence-electron chi connectivity index (χ1n) is 6.66. The van der Waals surface area contributed by atoms with Crippen LogP contribution in [0.15, 0.2) is 34.2 Å². The second kappa shape index (κ2) is 5.73. The van der Waals surface area contributed by atoms with E-state index in [1.165, 1.54) is 29.7 Å². The minimum atomic E-state index is 0.169. The number of pyridine rings is 1. The van der Waals surface area contributed by atoms with Crippen molar-refractivity contribution < 1.29 is 0 Å². The Balaban J connectivity index is 1.75. The third-order valence-corrected chi connectivity index (χ3v) is 5.31. The van der Waals surface area contributed by atoms with Crippen molar-refractivity contribution in [2.24, 2.45) is 5.73 Å². The number of hydrogen-bond donors (Lipinski definition) is 1. The van der Waals surface area contributed by atoms with E-state index in [0.29, 0.717) is 5.92 Å². The largest absolute Gasteiger partial charge is 0.327 e. The lowest BCUT2D eigenvalue weighted by atomic mass is 9.81. The first-order chi connectivity index (χ1) is 9.24. The molecule has 3 rings (SSSR count). The number of thiophene rings is 1. The molecule has 0 fully saturated rings. The zero-order chi connectivity index (χ0) is 13.2. The lowest BCUT2D eigenvalue weighted by Crippen LogP contribution is -2.32. The number of rotatable bonds is 3. The third-order valence-electron chi connectivity index (χ3n) is 3.85. The van der Waals surface area contributed by atoms with E-state index in [9.17, 15) is 0 Å². The van der Waals surface area contributed by atoms with Gasteiger partial charge in [-0.1, -0.05) is 0 Å². The molecule has 2 nitrogen and oxygen atoms in total. The molecule has 2 unspecified atom stereocenters. The van der Waals surface area contributed by atoms with Crippen LogP contribution in [-0.4, -0.2) is 11.0 Å². The summed E-state index contributed by atoms with van der Waals surface area (Å²) in [5, 5.41) is 2.20. The lowest BCUT2D eigenvalue weighted by Gasteiger charge is -2.28. The van der Waals surface area contributed by atoms with Crippen LogP contribution in [0.1, 0.15) is 34.9 Å². The summed E-state index contributed by atoms with van der Waals surface area (Å²) in [5.74, 6) is 0.500. The van der Waals surface area contributed by atoms with Crippen molar-refractivity contribution in [1.82, 2.24) is 4.98 Å². The van der Waals surface area contributed by atoms with Crippen molar-refractivity contribution in [1.29, 1.82) is 0 Å². The molecule has 2 atom stereocenters. The summed E-state index contributed by atoms with van der Waals surface area (Å²) in [5.41, 5.74) is 9.01. The Kier molecular flexibility index (Phi) is 4.01. The fraction of sp³-hybridized carbons (Fsp3) is 0.400. The predicted octanol–water partition coefficient (Wildman–Crippen LogP) is 3.90. The second-order valence-electron chi connectivity index (χ2n) is 5.13. The van der Waals surface area contributed by atoms with Gasteiger partial charge in [0.1, 0.15) is 0 Å². The van der Waals surface area contributed by atoms with Crippen LogP contribution in [-0.2, 0) is 12.8 Å². The van der Waals surface area contributed by atoms with Crippen LogP contribution in [0.5, 0.6) is 0 Å². The fourth-order valence-corrected chi connectivity index (χ4v) is 4.11. The van der Waals surface area contributed by atoms with Gasteiger partial charge in [-0.15, -0.1) is 11.3 Å². The van der Waals surface area contributed by atoms with Crippen molar-refractivity contribution >= 4 is 27.3 Å². The summed E-state index contributed by atoms with van der Waals surface area (Å²) >= 11 is 5.29. The molecule has 0 aliphatic heterocycles. The Morgan fingerprint density at radius 3 is 3.11 bits per heavy atom. The number of aromatic nitrogens is 1. The van der Waals surface area contributed by atoms with Gasteiger partial charge in [0.25, 0.3) is 0 Å². The van der Waals surface area contributed by atoms with Gasteiger partial charge in [0.05, 0.1) is 0 Å². The van der Waals surface area contributed by atoms with Gasteiger partial charge in [-0.3, -0.25) is 4.98 Å². The van der Waals surface area contributed by atoms with E-state index in [2.05, 4.69) is 38.4 Å². The average Bonchev–Trinajstić information content (AvgIpc) is 2.89. The summed E-state index contributed by atoms with van der Waals surface area (Å²) < 4.78 is 1.02. The third kappa shape index (κ3) is 2.91. The highest BCUT2D eigenvalue weighted by atomic mass is 79.9. The summed E-state index contributed by atoms with van der Waals surface area (Å²) in [7, 11) is 0. The van der Waals surface area contributed by atoms with Gasteiger partial charge in [-0.2, -0.15) is 0 Å². The molecule has 0 bridgehead atoms. The molecule has 4 heteroatoms. The quantitative estimate of drug-likeness (QED) is 0.923. The van der Waals surface area contributed by atoms with E-state index < -0.39 is 0 Å². The maximum atomic E-state index is 6.45. The molecule has 100 valence electrons. The molecule has 0 saturated carbocycles. The first-order valence-corrected chi connectivity index (χ1v) is 8.33. The first kappa shape index (κ1) is 13.3. The van der Waals surface area contributed by atoms with Crippen LogP contribution in [0.3, 0.4) is 0 Å². The van der Waals surface area contributed by atoms with Gasteiger partial charge < -0.3 is 5.73 Å². The number of fused-ring (bicyclic) bond motifs is 1. The minimum Gasteiger partial charge on any atom is -0.327 e. The molecule has 0 aromatic carbocycles. The highest BCUT2D eigenvalue weighted by Crippen LogP contribution is 2.37.